The summed E-state index contributed by atoms with van der Waals surface area (Å²) < 4.78 is 0. The van der Waals surface area contributed by atoms with Crippen LogP contribution in [0.15, 0.2) is 42.0 Å². The minimum atomic E-state index is -0.121. The summed E-state index contributed by atoms with van der Waals surface area (Å²) in [5, 5.41) is 13.2. The van der Waals surface area contributed by atoms with Gasteiger partial charge in [-0.1, -0.05) is 30.3 Å². The molecule has 1 aromatic carbocycles. The molecule has 5 nitrogen and oxygen atoms in total. The van der Waals surface area contributed by atoms with Gasteiger partial charge in [-0.25, -0.2) is 9.97 Å². The van der Waals surface area contributed by atoms with Crippen molar-refractivity contribution < 1.29 is 5.11 Å². The molecule has 2 fully saturated rings. The van der Waals surface area contributed by atoms with Crippen LogP contribution in [0.3, 0.4) is 0 Å². The largest absolute Gasteiger partial charge is 0.392 e. The van der Waals surface area contributed by atoms with Crippen LogP contribution in [0.2, 0.25) is 0 Å². The van der Waals surface area contributed by atoms with Crippen molar-refractivity contribution in [2.24, 2.45) is 5.92 Å². The Bertz CT molecular complexity index is 936. The summed E-state index contributed by atoms with van der Waals surface area (Å²) >= 11 is 1.70. The minimum absolute atomic E-state index is 0.121. The van der Waals surface area contributed by atoms with Gasteiger partial charge in [0.25, 0.3) is 0 Å². The predicted molar refractivity (Wildman–Crippen MR) is 115 cm³/mol. The van der Waals surface area contributed by atoms with E-state index in [2.05, 4.69) is 50.5 Å². The molecule has 2 aliphatic rings. The molecule has 5 rings (SSSR count). The zero-order valence-corrected chi connectivity index (χ0v) is 16.8. The lowest BCUT2D eigenvalue weighted by Gasteiger charge is -2.34. The van der Waals surface area contributed by atoms with E-state index < -0.39 is 0 Å². The van der Waals surface area contributed by atoms with Crippen molar-refractivity contribution in [2.75, 3.05) is 37.6 Å². The Balaban J connectivity index is 1.35. The Morgan fingerprint density at radius 1 is 1.04 bits per heavy atom. The van der Waals surface area contributed by atoms with Gasteiger partial charge in [-0.3, -0.25) is 0 Å². The van der Waals surface area contributed by atoms with Gasteiger partial charge in [-0.2, -0.15) is 0 Å². The first-order valence-electron chi connectivity index (χ1n) is 10.2. The highest BCUT2D eigenvalue weighted by Crippen LogP contribution is 2.38. The number of aliphatic hydroxyl groups excluding tert-OH is 1. The molecule has 0 bridgehead atoms. The fourth-order valence-corrected chi connectivity index (χ4v) is 5.51. The van der Waals surface area contributed by atoms with E-state index in [0.29, 0.717) is 0 Å². The standard InChI is InChI=1S/C22H26N4OS/c27-18-8-9-25(13-18)12-16-6-10-26(11-7-16)21-20-19(17-4-2-1-3-5-17)14-28-22(20)24-15-23-21/h1-5,14-16,18,27H,6-13H2. The van der Waals surface area contributed by atoms with Crippen molar-refractivity contribution in [3.8, 4) is 11.1 Å². The van der Waals surface area contributed by atoms with E-state index in [0.717, 1.165) is 55.7 Å². The summed E-state index contributed by atoms with van der Waals surface area (Å²) in [4.78, 5) is 15.2. The van der Waals surface area contributed by atoms with Gasteiger partial charge in [-0.15, -0.1) is 11.3 Å². The topological polar surface area (TPSA) is 52.5 Å². The van der Waals surface area contributed by atoms with Gasteiger partial charge in [0.1, 0.15) is 17.0 Å². The highest BCUT2D eigenvalue weighted by atomic mass is 32.1. The molecular weight excluding hydrogens is 368 g/mol. The molecule has 2 saturated heterocycles. The Morgan fingerprint density at radius 3 is 2.61 bits per heavy atom. The first-order chi connectivity index (χ1) is 13.8. The fourth-order valence-electron chi connectivity index (χ4n) is 4.60. The Hall–Kier alpha value is -2.02. The summed E-state index contributed by atoms with van der Waals surface area (Å²) in [5.41, 5.74) is 2.47. The molecule has 3 aromatic rings. The van der Waals surface area contributed by atoms with Crippen LogP contribution in [0.4, 0.5) is 5.82 Å². The lowest BCUT2D eigenvalue weighted by Crippen LogP contribution is -2.38. The maximum absolute atomic E-state index is 9.76. The van der Waals surface area contributed by atoms with Crippen molar-refractivity contribution in [3.05, 3.63) is 42.0 Å². The number of thiophene rings is 1. The minimum Gasteiger partial charge on any atom is -0.392 e. The molecule has 1 atom stereocenters. The number of hydrogen-bond donors (Lipinski definition) is 1. The maximum atomic E-state index is 9.76. The summed E-state index contributed by atoms with van der Waals surface area (Å²) in [7, 11) is 0. The summed E-state index contributed by atoms with van der Waals surface area (Å²) in [6.45, 7) is 5.09. The third kappa shape index (κ3) is 3.52. The average molecular weight is 395 g/mol. The van der Waals surface area contributed by atoms with E-state index in [4.69, 9.17) is 4.98 Å². The van der Waals surface area contributed by atoms with Crippen LogP contribution in [-0.2, 0) is 0 Å². The van der Waals surface area contributed by atoms with Crippen molar-refractivity contribution in [1.82, 2.24) is 14.9 Å². The number of rotatable bonds is 4. The summed E-state index contributed by atoms with van der Waals surface area (Å²) in [6.07, 6.45) is 4.88. The van der Waals surface area contributed by atoms with Crippen LogP contribution in [0.1, 0.15) is 19.3 Å². The van der Waals surface area contributed by atoms with Gasteiger partial charge >= 0.3 is 0 Å². The number of nitrogens with zero attached hydrogens (tertiary/aromatic N) is 4. The van der Waals surface area contributed by atoms with Crippen molar-refractivity contribution in [2.45, 2.75) is 25.4 Å². The normalized spacial score (nSPS) is 21.6. The molecule has 146 valence electrons. The quantitative estimate of drug-likeness (QED) is 0.732. The number of hydrogen-bond acceptors (Lipinski definition) is 6. The molecule has 1 N–H and O–H groups in total. The monoisotopic (exact) mass is 394 g/mol. The average Bonchev–Trinajstić information content (AvgIpc) is 3.35. The van der Waals surface area contributed by atoms with E-state index in [-0.39, 0.29) is 6.10 Å². The summed E-state index contributed by atoms with van der Waals surface area (Å²) in [6, 6.07) is 10.6. The zero-order valence-electron chi connectivity index (χ0n) is 16.0. The second kappa shape index (κ2) is 7.78. The van der Waals surface area contributed by atoms with E-state index in [1.807, 2.05) is 0 Å². The second-order valence-corrected chi connectivity index (χ2v) is 8.88. The highest BCUT2D eigenvalue weighted by molar-refractivity contribution is 7.17. The molecule has 28 heavy (non-hydrogen) atoms. The number of piperidine rings is 1. The first-order valence-corrected chi connectivity index (χ1v) is 11.1. The van der Waals surface area contributed by atoms with Gasteiger partial charge in [0, 0.05) is 43.7 Å². The van der Waals surface area contributed by atoms with Crippen LogP contribution in [-0.4, -0.2) is 58.8 Å². The summed E-state index contributed by atoms with van der Waals surface area (Å²) in [5.74, 6) is 1.80. The molecule has 6 heteroatoms. The zero-order chi connectivity index (χ0) is 18.9. The smallest absolute Gasteiger partial charge is 0.141 e. The molecule has 0 radical (unpaired) electrons. The number of fused-ring (bicyclic) bond motifs is 1. The van der Waals surface area contributed by atoms with E-state index in [9.17, 15) is 5.11 Å². The van der Waals surface area contributed by atoms with Gasteiger partial charge in [0.15, 0.2) is 0 Å². The fraction of sp³-hybridized carbons (Fsp3) is 0.455. The Morgan fingerprint density at radius 2 is 1.86 bits per heavy atom. The first kappa shape index (κ1) is 18.0. The van der Waals surface area contributed by atoms with Crippen molar-refractivity contribution in [1.29, 1.82) is 0 Å². The van der Waals surface area contributed by atoms with Crippen LogP contribution in [0, 0.1) is 5.92 Å². The maximum Gasteiger partial charge on any atom is 0.141 e. The van der Waals surface area contributed by atoms with E-state index >= 15 is 0 Å². The number of β-amino-alcohol motifs (C(OH)–C–C–N with tert-alkyl or cyclic N) is 1. The number of aromatic nitrogens is 2. The van der Waals surface area contributed by atoms with Gasteiger partial charge in [0.2, 0.25) is 0 Å². The Labute approximate surface area is 169 Å². The molecule has 0 spiro atoms. The van der Waals surface area contributed by atoms with Gasteiger partial charge < -0.3 is 14.9 Å². The lowest BCUT2D eigenvalue weighted by molar-refractivity contribution is 0.166. The van der Waals surface area contributed by atoms with Crippen LogP contribution in [0.25, 0.3) is 21.3 Å². The third-order valence-corrected chi connectivity index (χ3v) is 7.00. The predicted octanol–water partition coefficient (Wildman–Crippen LogP) is 3.64. The molecule has 0 aliphatic carbocycles. The number of benzene rings is 1. The van der Waals surface area contributed by atoms with Crippen molar-refractivity contribution >= 4 is 27.4 Å². The molecule has 1 unspecified atom stereocenters. The SMILES string of the molecule is OC1CCN(CC2CCN(c3ncnc4scc(-c5ccccc5)c34)CC2)C1. The molecular formula is C22H26N4OS. The third-order valence-electron chi connectivity index (χ3n) is 6.11. The Kier molecular flexibility index (Phi) is 5.01. The molecule has 2 aliphatic heterocycles. The number of likely N-dealkylation sites (tertiary alicyclic amines) is 1. The van der Waals surface area contributed by atoms with Gasteiger partial charge in [0.05, 0.1) is 11.5 Å². The molecule has 0 amide bonds. The lowest BCUT2D eigenvalue weighted by atomic mass is 9.96. The number of anilines is 1. The van der Waals surface area contributed by atoms with Crippen LogP contribution < -0.4 is 4.90 Å². The number of aliphatic hydroxyl groups is 1. The van der Waals surface area contributed by atoms with E-state index in [1.54, 1.807) is 17.7 Å². The molecule has 4 heterocycles. The van der Waals surface area contributed by atoms with Crippen LogP contribution in [0.5, 0.6) is 0 Å². The molecule has 0 saturated carbocycles. The van der Waals surface area contributed by atoms with Crippen LogP contribution >= 0.6 is 11.3 Å². The van der Waals surface area contributed by atoms with E-state index in [1.165, 1.54) is 29.4 Å². The molecule has 2 aromatic heterocycles. The van der Waals surface area contributed by atoms with Crippen molar-refractivity contribution in [3.63, 3.8) is 0 Å². The van der Waals surface area contributed by atoms with Gasteiger partial charge in [-0.05, 0) is 30.7 Å². The highest BCUT2D eigenvalue weighted by Gasteiger charge is 2.27. The second-order valence-electron chi connectivity index (χ2n) is 8.03.